The lowest BCUT2D eigenvalue weighted by atomic mass is 10.1. The fourth-order valence-electron chi connectivity index (χ4n) is 3.49. The van der Waals surface area contributed by atoms with Gasteiger partial charge in [0, 0.05) is 37.1 Å². The molecule has 1 aromatic heterocycles. The Morgan fingerprint density at radius 3 is 2.58 bits per heavy atom. The fraction of sp³-hybridized carbons (Fsp3) is 0.286. The number of amides is 1. The maximum Gasteiger partial charge on any atom is 0.251 e. The minimum absolute atomic E-state index is 0. The van der Waals surface area contributed by atoms with Crippen molar-refractivity contribution in [2.45, 2.75) is 26.4 Å². The van der Waals surface area contributed by atoms with Crippen LogP contribution in [0, 0.1) is 6.92 Å². The second-order valence-electron chi connectivity index (χ2n) is 6.70. The van der Waals surface area contributed by atoms with Crippen LogP contribution in [0.4, 0.5) is 0 Å². The molecule has 1 N–H and O–H groups in total. The topological polar surface area (TPSA) is 45.5 Å². The van der Waals surface area contributed by atoms with Crippen molar-refractivity contribution in [2.24, 2.45) is 0 Å². The van der Waals surface area contributed by atoms with Crippen LogP contribution in [0.2, 0.25) is 0 Å². The molecule has 3 aromatic rings. The average Bonchev–Trinajstić information content (AvgIpc) is 3.19. The van der Waals surface area contributed by atoms with E-state index in [2.05, 4.69) is 34.5 Å². The second kappa shape index (κ2) is 7.94. The molecule has 0 aliphatic carbocycles. The zero-order valence-corrected chi connectivity index (χ0v) is 15.6. The summed E-state index contributed by atoms with van der Waals surface area (Å²) in [6.07, 6.45) is 0.951. The number of hydrogen-bond acceptors (Lipinski definition) is 3. The third-order valence-corrected chi connectivity index (χ3v) is 4.74. The van der Waals surface area contributed by atoms with Gasteiger partial charge in [-0.1, -0.05) is 24.3 Å². The van der Waals surface area contributed by atoms with Crippen molar-refractivity contribution in [2.75, 3.05) is 13.1 Å². The molecule has 4 nitrogen and oxygen atoms in total. The Kier molecular flexibility index (Phi) is 5.64. The average molecular weight is 371 g/mol. The zero-order chi connectivity index (χ0) is 17.2. The Balaban J connectivity index is 0.00000196. The van der Waals surface area contributed by atoms with Gasteiger partial charge in [-0.15, -0.1) is 12.4 Å². The number of carbonyl (C=O) groups excluding carboxylic acids is 1. The Hall–Kier alpha value is -2.30. The highest BCUT2D eigenvalue weighted by atomic mass is 35.5. The van der Waals surface area contributed by atoms with Crippen LogP contribution in [-0.2, 0) is 13.1 Å². The molecule has 0 radical (unpaired) electrons. The molecule has 136 valence electrons. The van der Waals surface area contributed by atoms with Crippen LogP contribution in [0.15, 0.2) is 52.9 Å². The van der Waals surface area contributed by atoms with Gasteiger partial charge in [-0.3, -0.25) is 9.69 Å². The van der Waals surface area contributed by atoms with Gasteiger partial charge in [-0.05, 0) is 48.7 Å². The van der Waals surface area contributed by atoms with Crippen LogP contribution in [0.25, 0.3) is 11.0 Å². The first kappa shape index (κ1) is 18.5. The van der Waals surface area contributed by atoms with Crippen LogP contribution in [0.3, 0.4) is 0 Å². The standard InChI is InChI=1S/C21H22N2O2.ClH/c1-15-11-19-12-16(7-8-20(19)25-15)21(24)22-9-4-10-23-13-17-5-2-3-6-18(17)14-23;/h2-3,5-8,11-12H,4,9-10,13-14H2,1H3,(H,22,24);1H. The summed E-state index contributed by atoms with van der Waals surface area (Å²) >= 11 is 0. The molecule has 26 heavy (non-hydrogen) atoms. The molecule has 0 fully saturated rings. The first-order valence-corrected chi connectivity index (χ1v) is 8.76. The van der Waals surface area contributed by atoms with Crippen molar-refractivity contribution in [3.63, 3.8) is 0 Å². The van der Waals surface area contributed by atoms with Crippen molar-refractivity contribution in [3.05, 3.63) is 71.0 Å². The Labute approximate surface area is 159 Å². The molecule has 5 heteroatoms. The van der Waals surface area contributed by atoms with Gasteiger partial charge in [0.15, 0.2) is 0 Å². The molecule has 0 unspecified atom stereocenters. The van der Waals surface area contributed by atoms with E-state index in [1.54, 1.807) is 0 Å². The molecule has 2 aromatic carbocycles. The van der Waals surface area contributed by atoms with Gasteiger partial charge in [-0.2, -0.15) is 0 Å². The molecule has 1 aliphatic rings. The normalized spacial score (nSPS) is 13.4. The van der Waals surface area contributed by atoms with E-state index >= 15 is 0 Å². The van der Waals surface area contributed by atoms with Gasteiger partial charge in [0.25, 0.3) is 5.91 Å². The molecule has 4 rings (SSSR count). The molecule has 1 amide bonds. The lowest BCUT2D eigenvalue weighted by Crippen LogP contribution is -2.27. The second-order valence-corrected chi connectivity index (χ2v) is 6.70. The minimum atomic E-state index is -0.0227. The van der Waals surface area contributed by atoms with Crippen molar-refractivity contribution < 1.29 is 9.21 Å². The number of carbonyl (C=O) groups is 1. The van der Waals surface area contributed by atoms with E-state index in [9.17, 15) is 4.79 Å². The van der Waals surface area contributed by atoms with E-state index in [-0.39, 0.29) is 18.3 Å². The number of rotatable bonds is 5. The van der Waals surface area contributed by atoms with Gasteiger partial charge in [0.1, 0.15) is 11.3 Å². The molecular formula is C21H23ClN2O2. The third-order valence-electron chi connectivity index (χ3n) is 4.74. The molecule has 0 spiro atoms. The van der Waals surface area contributed by atoms with Gasteiger partial charge in [0.05, 0.1) is 0 Å². The number of furan rings is 1. The lowest BCUT2D eigenvalue weighted by Gasteiger charge is -2.14. The molecule has 1 aliphatic heterocycles. The van der Waals surface area contributed by atoms with Crippen molar-refractivity contribution in [1.29, 1.82) is 0 Å². The SMILES string of the molecule is Cc1cc2cc(C(=O)NCCCN3Cc4ccccc4C3)ccc2o1.Cl. The summed E-state index contributed by atoms with van der Waals surface area (Å²) in [4.78, 5) is 14.7. The predicted molar refractivity (Wildman–Crippen MR) is 106 cm³/mol. The van der Waals surface area contributed by atoms with E-state index in [0.717, 1.165) is 42.8 Å². The van der Waals surface area contributed by atoms with Crippen molar-refractivity contribution in [1.82, 2.24) is 10.2 Å². The Morgan fingerprint density at radius 1 is 1.12 bits per heavy atom. The number of hydrogen-bond donors (Lipinski definition) is 1. The highest BCUT2D eigenvalue weighted by molar-refractivity contribution is 5.97. The summed E-state index contributed by atoms with van der Waals surface area (Å²) in [6, 6.07) is 16.1. The molecule has 2 heterocycles. The summed E-state index contributed by atoms with van der Waals surface area (Å²) < 4.78 is 5.55. The van der Waals surface area contributed by atoms with E-state index in [1.165, 1.54) is 11.1 Å². The molecule has 0 saturated heterocycles. The summed E-state index contributed by atoms with van der Waals surface area (Å²) in [6.45, 7) is 5.63. The largest absolute Gasteiger partial charge is 0.461 e. The number of nitrogens with zero attached hydrogens (tertiary/aromatic N) is 1. The first-order valence-electron chi connectivity index (χ1n) is 8.76. The molecule has 0 atom stereocenters. The smallest absolute Gasteiger partial charge is 0.251 e. The zero-order valence-electron chi connectivity index (χ0n) is 14.8. The summed E-state index contributed by atoms with van der Waals surface area (Å²) in [5.41, 5.74) is 4.36. The predicted octanol–water partition coefficient (Wildman–Crippen LogP) is 4.30. The minimum Gasteiger partial charge on any atom is -0.461 e. The number of fused-ring (bicyclic) bond motifs is 2. The fourth-order valence-corrected chi connectivity index (χ4v) is 3.49. The van der Waals surface area contributed by atoms with Crippen molar-refractivity contribution in [3.8, 4) is 0 Å². The van der Waals surface area contributed by atoms with Crippen LogP contribution in [0.1, 0.15) is 33.7 Å². The van der Waals surface area contributed by atoms with Crippen LogP contribution in [-0.4, -0.2) is 23.9 Å². The van der Waals surface area contributed by atoms with Crippen LogP contribution >= 0.6 is 12.4 Å². The highest BCUT2D eigenvalue weighted by Gasteiger charge is 2.17. The van der Waals surface area contributed by atoms with E-state index in [0.29, 0.717) is 12.1 Å². The lowest BCUT2D eigenvalue weighted by molar-refractivity contribution is 0.0951. The summed E-state index contributed by atoms with van der Waals surface area (Å²) in [5.74, 6) is 0.838. The number of aryl methyl sites for hydroxylation is 1. The van der Waals surface area contributed by atoms with E-state index < -0.39 is 0 Å². The number of nitrogens with one attached hydrogen (secondary N) is 1. The molecular weight excluding hydrogens is 348 g/mol. The monoisotopic (exact) mass is 370 g/mol. The Morgan fingerprint density at radius 2 is 1.85 bits per heavy atom. The maximum atomic E-state index is 12.3. The maximum absolute atomic E-state index is 12.3. The van der Waals surface area contributed by atoms with E-state index in [1.807, 2.05) is 31.2 Å². The molecule has 0 saturated carbocycles. The summed E-state index contributed by atoms with van der Waals surface area (Å²) in [5, 5.41) is 3.99. The van der Waals surface area contributed by atoms with Gasteiger partial charge >= 0.3 is 0 Å². The molecule has 0 bridgehead atoms. The Bertz CT molecular complexity index is 894. The summed E-state index contributed by atoms with van der Waals surface area (Å²) in [7, 11) is 0. The van der Waals surface area contributed by atoms with Gasteiger partial charge < -0.3 is 9.73 Å². The quantitative estimate of drug-likeness (QED) is 0.681. The van der Waals surface area contributed by atoms with Gasteiger partial charge in [0.2, 0.25) is 0 Å². The van der Waals surface area contributed by atoms with Crippen LogP contribution in [0.5, 0.6) is 0 Å². The first-order chi connectivity index (χ1) is 12.2. The van der Waals surface area contributed by atoms with Gasteiger partial charge in [-0.25, -0.2) is 0 Å². The van der Waals surface area contributed by atoms with E-state index in [4.69, 9.17) is 4.42 Å². The van der Waals surface area contributed by atoms with Crippen molar-refractivity contribution >= 4 is 29.3 Å². The number of benzene rings is 2. The van der Waals surface area contributed by atoms with Crippen LogP contribution < -0.4 is 5.32 Å². The highest BCUT2D eigenvalue weighted by Crippen LogP contribution is 2.22. The number of halogens is 1. The third kappa shape index (κ3) is 3.92.